The Hall–Kier alpha value is -2.37. The summed E-state index contributed by atoms with van der Waals surface area (Å²) in [6.07, 6.45) is 0. The van der Waals surface area contributed by atoms with Crippen molar-refractivity contribution in [1.29, 1.82) is 10.8 Å². The zero-order chi connectivity index (χ0) is 18.7. The molecule has 0 radical (unpaired) electrons. The van der Waals surface area contributed by atoms with Gasteiger partial charge in [0.2, 0.25) is 10.8 Å². The van der Waals surface area contributed by atoms with Crippen molar-refractivity contribution in [3.63, 3.8) is 0 Å². The van der Waals surface area contributed by atoms with Crippen LogP contribution in [0.25, 0.3) is 9.95 Å². The minimum absolute atomic E-state index is 0.0995. The van der Waals surface area contributed by atoms with Gasteiger partial charge in [0.1, 0.15) is 29.1 Å². The van der Waals surface area contributed by atoms with Gasteiger partial charge in [0, 0.05) is 24.3 Å². The quantitative estimate of drug-likeness (QED) is 0.517. The molecule has 0 amide bonds. The van der Waals surface area contributed by atoms with Gasteiger partial charge in [-0.2, -0.15) is 0 Å². The Labute approximate surface area is 144 Å². The molecule has 0 heterocycles. The van der Waals surface area contributed by atoms with Crippen molar-refractivity contribution in [2.24, 2.45) is 0 Å². The molecule has 124 valence electrons. The van der Waals surface area contributed by atoms with Crippen LogP contribution in [0.15, 0.2) is 36.4 Å². The fourth-order valence-corrected chi connectivity index (χ4v) is 1.53. The Morgan fingerprint density at radius 2 is 1.12 bits per heavy atom. The lowest BCUT2D eigenvalue weighted by atomic mass is 10.3. The molecule has 0 bridgehead atoms. The van der Waals surface area contributed by atoms with E-state index in [1.54, 1.807) is 0 Å². The lowest BCUT2D eigenvalue weighted by Crippen LogP contribution is -2.39. The normalized spacial score (nSPS) is 8.54. The number of hydrogen-bond donors (Lipinski definition) is 0. The van der Waals surface area contributed by atoms with Crippen molar-refractivity contribution in [1.82, 2.24) is 0 Å². The molecule has 12 heteroatoms. The molecule has 0 N–H and O–H groups in total. The summed E-state index contributed by atoms with van der Waals surface area (Å²) >= 11 is 10.9. The van der Waals surface area contributed by atoms with Crippen LogP contribution in [-0.2, 0) is 0 Å². The SMILES string of the molecule is N#[N+]c1ccc(F)cc1Cl.N#[N+]c1ccc(F)cc1Cl.[O-]B([O-])F. The molecule has 0 fully saturated rings. The van der Waals surface area contributed by atoms with E-state index in [1.165, 1.54) is 24.3 Å². The van der Waals surface area contributed by atoms with Gasteiger partial charge >= 0.3 is 11.4 Å². The van der Waals surface area contributed by atoms with Crippen LogP contribution in [0.3, 0.4) is 0 Å². The third-order valence-corrected chi connectivity index (χ3v) is 2.64. The summed E-state index contributed by atoms with van der Waals surface area (Å²) in [5.41, 5.74) is 0.339. The van der Waals surface area contributed by atoms with Gasteiger partial charge in [-0.25, -0.2) is 8.78 Å². The van der Waals surface area contributed by atoms with E-state index in [0.717, 1.165) is 12.1 Å². The summed E-state index contributed by atoms with van der Waals surface area (Å²) in [4.78, 5) is 5.63. The van der Waals surface area contributed by atoms with E-state index in [2.05, 4.69) is 9.95 Å². The third-order valence-electron chi connectivity index (χ3n) is 2.03. The molecule has 2 aromatic carbocycles. The zero-order valence-corrected chi connectivity index (χ0v) is 13.0. The first-order valence-corrected chi connectivity index (χ1v) is 6.52. The molecule has 2 aromatic rings. The minimum atomic E-state index is -3.17. The van der Waals surface area contributed by atoms with Crippen LogP contribution in [0, 0.1) is 22.4 Å². The average Bonchev–Trinajstić information content (AvgIpc) is 2.47. The molecule has 24 heavy (non-hydrogen) atoms. The highest BCUT2D eigenvalue weighted by atomic mass is 35.5. The van der Waals surface area contributed by atoms with Crippen molar-refractivity contribution in [3.8, 4) is 0 Å². The van der Waals surface area contributed by atoms with Crippen LogP contribution >= 0.6 is 23.2 Å². The number of rotatable bonds is 0. The molecule has 0 aliphatic rings. The Bertz CT molecular complexity index is 705. The zero-order valence-electron chi connectivity index (χ0n) is 11.5. The monoisotopic (exact) mass is 376 g/mol. The van der Waals surface area contributed by atoms with Crippen molar-refractivity contribution < 1.29 is 23.1 Å². The predicted octanol–water partition coefficient (Wildman–Crippen LogP) is 3.59. The smallest absolute Gasteiger partial charge is 0.403 e. The van der Waals surface area contributed by atoms with Gasteiger partial charge in [-0.15, -0.1) is 0 Å². The summed E-state index contributed by atoms with van der Waals surface area (Å²) in [5, 5.41) is 33.3. The summed E-state index contributed by atoms with van der Waals surface area (Å²) in [6.45, 7) is 0. The number of diazo groups is 2. The predicted molar refractivity (Wildman–Crippen MR) is 79.2 cm³/mol. The minimum Gasteiger partial charge on any atom is -0.867 e. The molecule has 0 aliphatic heterocycles. The fraction of sp³-hybridized carbons (Fsp3) is 0. The molecule has 0 aliphatic carbocycles. The summed E-state index contributed by atoms with van der Waals surface area (Å²) < 4.78 is 34.4. The molecule has 0 saturated heterocycles. The van der Waals surface area contributed by atoms with E-state index >= 15 is 0 Å². The van der Waals surface area contributed by atoms with Gasteiger partial charge in [-0.3, -0.25) is 0 Å². The van der Waals surface area contributed by atoms with E-state index < -0.39 is 19.0 Å². The van der Waals surface area contributed by atoms with Crippen LogP contribution in [0.2, 0.25) is 10.0 Å². The lowest BCUT2D eigenvalue weighted by Gasteiger charge is -2.09. The topological polar surface area (TPSA) is 102 Å². The maximum atomic E-state index is 12.3. The summed E-state index contributed by atoms with van der Waals surface area (Å²) in [6, 6.07) is 7.07. The Kier molecular flexibility index (Phi) is 10.1. The lowest BCUT2D eigenvalue weighted by molar-refractivity contribution is -0.366. The Balaban J connectivity index is 0.000000363. The third kappa shape index (κ3) is 8.93. The fourth-order valence-electron chi connectivity index (χ4n) is 1.12. The maximum absolute atomic E-state index is 12.3. The Morgan fingerprint density at radius 1 is 0.833 bits per heavy atom. The second-order valence-corrected chi connectivity index (χ2v) is 4.48. The first-order chi connectivity index (χ1) is 11.2. The molecular weight excluding hydrogens is 371 g/mol. The number of benzene rings is 2. The first-order valence-electron chi connectivity index (χ1n) is 5.77. The van der Waals surface area contributed by atoms with Crippen molar-refractivity contribution in [2.45, 2.75) is 0 Å². The molecular formula is C12H6BCl2F3N4O2. The van der Waals surface area contributed by atoms with Crippen molar-refractivity contribution >= 4 is 42.0 Å². The number of halogens is 5. The van der Waals surface area contributed by atoms with Gasteiger partial charge in [-0.1, -0.05) is 23.2 Å². The van der Waals surface area contributed by atoms with Crippen molar-refractivity contribution in [3.05, 3.63) is 68.0 Å². The van der Waals surface area contributed by atoms with Crippen LogP contribution in [-0.4, -0.2) is 7.40 Å². The van der Waals surface area contributed by atoms with Gasteiger partial charge in [0.05, 0.1) is 0 Å². The molecule has 2 rings (SSSR count). The molecule has 0 unspecified atom stereocenters. The summed E-state index contributed by atoms with van der Waals surface area (Å²) in [5.74, 6) is -0.894. The largest absolute Gasteiger partial charge is 0.867 e. The standard InChI is InChI=1S/2C6H3ClFN2.BFO2/c2*7-5-3-4(8)1-2-6(5)10-9;2-1(3)4/h2*1-3H;/q2*+1;-2. The van der Waals surface area contributed by atoms with Crippen LogP contribution in [0.4, 0.5) is 24.5 Å². The van der Waals surface area contributed by atoms with E-state index in [0.29, 0.717) is 0 Å². The van der Waals surface area contributed by atoms with E-state index in [-0.39, 0.29) is 21.4 Å². The molecule has 0 saturated carbocycles. The highest BCUT2D eigenvalue weighted by Gasteiger charge is 2.11. The summed E-state index contributed by atoms with van der Waals surface area (Å²) in [7, 11) is -3.17. The van der Waals surface area contributed by atoms with Gasteiger partial charge in [0.25, 0.3) is 0 Å². The highest BCUT2D eigenvalue weighted by Crippen LogP contribution is 2.25. The number of nitrogens with zero attached hydrogens (tertiary/aromatic N) is 4. The van der Waals surface area contributed by atoms with Gasteiger partial charge < -0.3 is 14.4 Å². The molecule has 0 spiro atoms. The van der Waals surface area contributed by atoms with E-state index in [9.17, 15) is 13.1 Å². The number of hydrogen-bond acceptors (Lipinski definition) is 4. The molecule has 0 atom stereocenters. The van der Waals surface area contributed by atoms with Gasteiger partial charge in [0.15, 0.2) is 9.95 Å². The second-order valence-electron chi connectivity index (χ2n) is 3.67. The average molecular weight is 377 g/mol. The second kappa shape index (κ2) is 11.2. The van der Waals surface area contributed by atoms with E-state index in [4.69, 9.17) is 44.0 Å². The van der Waals surface area contributed by atoms with E-state index in [1.807, 2.05) is 0 Å². The maximum Gasteiger partial charge on any atom is 0.403 e. The van der Waals surface area contributed by atoms with Crippen LogP contribution < -0.4 is 10.0 Å². The van der Waals surface area contributed by atoms with Crippen LogP contribution in [0.1, 0.15) is 0 Å². The Morgan fingerprint density at radius 3 is 1.33 bits per heavy atom. The van der Waals surface area contributed by atoms with Gasteiger partial charge in [-0.05, 0) is 12.1 Å². The van der Waals surface area contributed by atoms with Crippen LogP contribution in [0.5, 0.6) is 0 Å². The first kappa shape index (κ1) is 21.6. The molecule has 0 aromatic heterocycles. The molecule has 6 nitrogen and oxygen atoms in total. The van der Waals surface area contributed by atoms with Crippen molar-refractivity contribution in [2.75, 3.05) is 0 Å². The highest BCUT2D eigenvalue weighted by molar-refractivity contribution is 6.33.